The van der Waals surface area contributed by atoms with E-state index in [-0.39, 0.29) is 18.5 Å². The predicted octanol–water partition coefficient (Wildman–Crippen LogP) is 4.71. The lowest BCUT2D eigenvalue weighted by molar-refractivity contribution is 0.0390. The maximum absolute atomic E-state index is 6.24. The molecule has 1 atom stereocenters. The van der Waals surface area contributed by atoms with E-state index in [1.165, 1.54) is 5.56 Å². The zero-order valence-corrected chi connectivity index (χ0v) is 17.1. The first kappa shape index (κ1) is 21.8. The summed E-state index contributed by atoms with van der Waals surface area (Å²) >= 11 is 0. The van der Waals surface area contributed by atoms with Crippen molar-refractivity contribution in [1.82, 2.24) is 9.55 Å². The molecule has 28 heavy (non-hydrogen) atoms. The van der Waals surface area contributed by atoms with Gasteiger partial charge in [-0.2, -0.15) is 0 Å². The molecule has 0 saturated carbocycles. The smallest absolute Gasteiger partial charge is 0.122 e. The second-order valence-corrected chi connectivity index (χ2v) is 6.31. The highest BCUT2D eigenvalue weighted by Crippen LogP contribution is 2.24. The summed E-state index contributed by atoms with van der Waals surface area (Å²) in [7, 11) is 3.38. The number of aryl methyl sites for hydroxylation is 1. The molecule has 5 nitrogen and oxygen atoms in total. The molecule has 0 saturated heterocycles. The van der Waals surface area contributed by atoms with Gasteiger partial charge in [0.1, 0.15) is 17.6 Å². The number of halogens is 1. The summed E-state index contributed by atoms with van der Waals surface area (Å²) in [5.74, 6) is 1.78. The van der Waals surface area contributed by atoms with Gasteiger partial charge in [0.15, 0.2) is 0 Å². The van der Waals surface area contributed by atoms with E-state index in [1.807, 2.05) is 47.4 Å². The number of methoxy groups -OCH3 is 2. The lowest BCUT2D eigenvalue weighted by Gasteiger charge is -2.19. The largest absolute Gasteiger partial charge is 0.497 e. The summed E-state index contributed by atoms with van der Waals surface area (Å²) in [5.41, 5.74) is 2.33. The van der Waals surface area contributed by atoms with Crippen molar-refractivity contribution in [2.24, 2.45) is 0 Å². The van der Waals surface area contributed by atoms with Crippen molar-refractivity contribution >= 4 is 12.4 Å². The predicted molar refractivity (Wildman–Crippen MR) is 112 cm³/mol. The van der Waals surface area contributed by atoms with Crippen LogP contribution >= 0.6 is 12.4 Å². The number of aromatic nitrogens is 2. The van der Waals surface area contributed by atoms with Crippen LogP contribution in [-0.4, -0.2) is 30.4 Å². The van der Waals surface area contributed by atoms with Gasteiger partial charge in [-0.05, 0) is 42.2 Å². The van der Waals surface area contributed by atoms with Crippen molar-refractivity contribution in [3.8, 4) is 11.5 Å². The number of hydrogen-bond acceptors (Lipinski definition) is 4. The van der Waals surface area contributed by atoms with E-state index in [2.05, 4.69) is 23.2 Å². The third-order valence-electron chi connectivity index (χ3n) is 4.53. The fourth-order valence-corrected chi connectivity index (χ4v) is 3.06. The molecule has 0 aliphatic carbocycles. The molecule has 1 heterocycles. The van der Waals surface area contributed by atoms with Crippen LogP contribution in [0.4, 0.5) is 0 Å². The van der Waals surface area contributed by atoms with Crippen LogP contribution in [0, 0.1) is 0 Å². The summed E-state index contributed by atoms with van der Waals surface area (Å²) in [4.78, 5) is 4.13. The lowest BCUT2D eigenvalue weighted by Crippen LogP contribution is -2.13. The van der Waals surface area contributed by atoms with Gasteiger partial charge in [0.25, 0.3) is 0 Å². The number of ether oxygens (including phenoxy) is 3. The molecule has 0 amide bonds. The number of imidazole rings is 1. The van der Waals surface area contributed by atoms with Gasteiger partial charge >= 0.3 is 0 Å². The van der Waals surface area contributed by atoms with Crippen molar-refractivity contribution in [2.45, 2.75) is 25.5 Å². The van der Waals surface area contributed by atoms with Gasteiger partial charge in [-0.3, -0.25) is 0 Å². The van der Waals surface area contributed by atoms with Crippen molar-refractivity contribution in [2.75, 3.05) is 20.8 Å². The number of nitrogens with zero attached hydrogens (tertiary/aromatic N) is 2. The first-order valence-corrected chi connectivity index (χ1v) is 9.13. The second-order valence-electron chi connectivity index (χ2n) is 6.31. The molecule has 6 heteroatoms. The zero-order chi connectivity index (χ0) is 18.9. The Bertz CT molecular complexity index is 807. The van der Waals surface area contributed by atoms with E-state index in [0.717, 1.165) is 36.4 Å². The van der Waals surface area contributed by atoms with Crippen LogP contribution in [0.2, 0.25) is 0 Å². The maximum Gasteiger partial charge on any atom is 0.122 e. The number of hydrogen-bond donors (Lipinski definition) is 0. The van der Waals surface area contributed by atoms with Crippen molar-refractivity contribution in [3.05, 3.63) is 78.4 Å². The Balaban J connectivity index is 0.00000280. The fourth-order valence-electron chi connectivity index (χ4n) is 3.06. The molecule has 0 aliphatic rings. The Kier molecular flexibility index (Phi) is 8.85. The molecule has 0 spiro atoms. The van der Waals surface area contributed by atoms with E-state index in [4.69, 9.17) is 14.2 Å². The molecule has 0 aliphatic heterocycles. The summed E-state index contributed by atoms with van der Waals surface area (Å²) in [5, 5.41) is 0. The van der Waals surface area contributed by atoms with Crippen LogP contribution in [0.15, 0.2) is 67.3 Å². The Morgan fingerprint density at radius 1 is 1.00 bits per heavy atom. The van der Waals surface area contributed by atoms with Crippen LogP contribution in [0.3, 0.4) is 0 Å². The molecule has 2 aromatic carbocycles. The fraction of sp³-hybridized carbons (Fsp3) is 0.318. The Morgan fingerprint density at radius 3 is 2.46 bits per heavy atom. The molecule has 0 N–H and O–H groups in total. The van der Waals surface area contributed by atoms with Gasteiger partial charge in [0, 0.05) is 19.0 Å². The molecular weight excluding hydrogens is 376 g/mol. The third-order valence-corrected chi connectivity index (χ3v) is 4.53. The first-order chi connectivity index (χ1) is 13.3. The average molecular weight is 403 g/mol. The Morgan fingerprint density at radius 2 is 1.79 bits per heavy atom. The molecule has 150 valence electrons. The summed E-state index contributed by atoms with van der Waals surface area (Å²) < 4.78 is 19.0. The van der Waals surface area contributed by atoms with Crippen molar-refractivity contribution < 1.29 is 14.2 Å². The molecule has 0 bridgehead atoms. The standard InChI is InChI=1S/C22H26N2O3.ClH/c1-25-20-11-9-19(10-12-20)22(16-24-14-13-23-17-24)27-15-5-7-18-6-3-4-8-21(18)26-2;/h3-4,6,8-14,17,22H,5,7,15-16H2,1-2H3;1H. The lowest BCUT2D eigenvalue weighted by atomic mass is 10.1. The van der Waals surface area contributed by atoms with E-state index in [9.17, 15) is 0 Å². The SMILES string of the molecule is COc1ccc(C(Cn2ccnc2)OCCCc2ccccc2OC)cc1.Cl. The minimum absolute atomic E-state index is 0. The van der Waals surface area contributed by atoms with Crippen LogP contribution < -0.4 is 9.47 Å². The molecule has 3 rings (SSSR count). The van der Waals surface area contributed by atoms with Crippen LogP contribution in [0.5, 0.6) is 11.5 Å². The minimum Gasteiger partial charge on any atom is -0.497 e. The topological polar surface area (TPSA) is 45.5 Å². The van der Waals surface area contributed by atoms with Gasteiger partial charge in [-0.25, -0.2) is 4.98 Å². The van der Waals surface area contributed by atoms with Gasteiger partial charge in [-0.15, -0.1) is 12.4 Å². The van der Waals surface area contributed by atoms with Gasteiger partial charge in [-0.1, -0.05) is 30.3 Å². The highest BCUT2D eigenvalue weighted by molar-refractivity contribution is 5.85. The first-order valence-electron chi connectivity index (χ1n) is 9.13. The van der Waals surface area contributed by atoms with Crippen LogP contribution in [0.1, 0.15) is 23.7 Å². The average Bonchev–Trinajstić information content (AvgIpc) is 3.24. The highest BCUT2D eigenvalue weighted by Gasteiger charge is 2.13. The highest BCUT2D eigenvalue weighted by atomic mass is 35.5. The van der Waals surface area contributed by atoms with Crippen molar-refractivity contribution in [3.63, 3.8) is 0 Å². The van der Waals surface area contributed by atoms with Gasteiger partial charge < -0.3 is 18.8 Å². The molecular formula is C22H27ClN2O3. The Hall–Kier alpha value is -2.50. The number of benzene rings is 2. The van der Waals surface area contributed by atoms with Crippen LogP contribution in [-0.2, 0) is 17.7 Å². The number of para-hydroxylation sites is 1. The van der Waals surface area contributed by atoms with E-state index < -0.39 is 0 Å². The van der Waals surface area contributed by atoms with Gasteiger partial charge in [0.2, 0.25) is 0 Å². The minimum atomic E-state index is -0.0391. The molecule has 0 radical (unpaired) electrons. The number of rotatable bonds is 10. The molecule has 1 unspecified atom stereocenters. The van der Waals surface area contributed by atoms with E-state index in [0.29, 0.717) is 6.61 Å². The maximum atomic E-state index is 6.24. The van der Waals surface area contributed by atoms with Gasteiger partial charge in [0.05, 0.1) is 27.1 Å². The van der Waals surface area contributed by atoms with Crippen molar-refractivity contribution in [1.29, 1.82) is 0 Å². The monoisotopic (exact) mass is 402 g/mol. The summed E-state index contributed by atoms with van der Waals surface area (Å²) in [6.45, 7) is 1.39. The quantitative estimate of drug-likeness (QED) is 0.460. The summed E-state index contributed by atoms with van der Waals surface area (Å²) in [6, 6.07) is 16.2. The third kappa shape index (κ3) is 6.01. The van der Waals surface area contributed by atoms with E-state index >= 15 is 0 Å². The normalized spacial score (nSPS) is 11.5. The van der Waals surface area contributed by atoms with E-state index in [1.54, 1.807) is 20.4 Å². The second kappa shape index (κ2) is 11.4. The summed E-state index contributed by atoms with van der Waals surface area (Å²) in [6.07, 6.45) is 7.36. The molecule has 3 aromatic rings. The van der Waals surface area contributed by atoms with Crippen LogP contribution in [0.25, 0.3) is 0 Å². The molecule has 1 aromatic heterocycles. The zero-order valence-electron chi connectivity index (χ0n) is 16.3. The Labute approximate surface area is 172 Å². The molecule has 0 fully saturated rings.